The second kappa shape index (κ2) is 8.45. The number of hydrogen-bond acceptors (Lipinski definition) is 2. The van der Waals surface area contributed by atoms with E-state index < -0.39 is 5.97 Å². The number of carboxylic acids is 1. The lowest BCUT2D eigenvalue weighted by molar-refractivity contribution is -0.137. The van der Waals surface area contributed by atoms with E-state index in [1.807, 2.05) is 32.0 Å². The zero-order chi connectivity index (χ0) is 15.8. The van der Waals surface area contributed by atoms with Gasteiger partial charge in [0.25, 0.3) is 5.91 Å². The van der Waals surface area contributed by atoms with E-state index in [1.54, 1.807) is 0 Å². The van der Waals surface area contributed by atoms with Gasteiger partial charge in [0.15, 0.2) is 0 Å². The minimum atomic E-state index is -0.757. The fourth-order valence-corrected chi connectivity index (χ4v) is 2.43. The first kappa shape index (κ1) is 17.2. The lowest BCUT2D eigenvalue weighted by Crippen LogP contribution is -2.26. The molecule has 4 heteroatoms. The average molecular weight is 291 g/mol. The van der Waals surface area contributed by atoms with E-state index in [2.05, 4.69) is 12.2 Å². The maximum Gasteiger partial charge on any atom is 0.303 e. The molecule has 0 aliphatic rings. The number of rotatable bonds is 8. The van der Waals surface area contributed by atoms with Crippen LogP contribution in [0.4, 0.5) is 0 Å². The molecule has 2 N–H and O–H groups in total. The van der Waals surface area contributed by atoms with Gasteiger partial charge < -0.3 is 10.4 Å². The Morgan fingerprint density at radius 2 is 1.95 bits per heavy atom. The van der Waals surface area contributed by atoms with Crippen LogP contribution in [0.25, 0.3) is 0 Å². The Hall–Kier alpha value is -1.84. The number of amides is 1. The number of nitrogens with one attached hydrogen (secondary N) is 1. The van der Waals surface area contributed by atoms with Crippen molar-refractivity contribution in [2.45, 2.75) is 46.5 Å². The zero-order valence-corrected chi connectivity index (χ0v) is 13.1. The third-order valence-electron chi connectivity index (χ3n) is 3.81. The number of benzene rings is 1. The van der Waals surface area contributed by atoms with Crippen LogP contribution in [0.1, 0.15) is 54.1 Å². The Morgan fingerprint density at radius 1 is 1.24 bits per heavy atom. The van der Waals surface area contributed by atoms with E-state index in [4.69, 9.17) is 5.11 Å². The van der Waals surface area contributed by atoms with Crippen LogP contribution in [-0.4, -0.2) is 23.5 Å². The predicted molar refractivity (Wildman–Crippen MR) is 83.5 cm³/mol. The number of aryl methyl sites for hydroxylation is 2. The van der Waals surface area contributed by atoms with Gasteiger partial charge in [-0.1, -0.05) is 31.0 Å². The summed E-state index contributed by atoms with van der Waals surface area (Å²) in [6.07, 6.45) is 2.63. The Morgan fingerprint density at radius 3 is 2.52 bits per heavy atom. The molecule has 0 saturated carbocycles. The number of carbonyl (C=O) groups excluding carboxylic acids is 1. The van der Waals surface area contributed by atoms with Crippen LogP contribution in [0.15, 0.2) is 18.2 Å². The first-order chi connectivity index (χ1) is 9.93. The maximum absolute atomic E-state index is 12.1. The van der Waals surface area contributed by atoms with Crippen molar-refractivity contribution in [2.24, 2.45) is 5.92 Å². The van der Waals surface area contributed by atoms with E-state index in [0.717, 1.165) is 24.0 Å². The topological polar surface area (TPSA) is 66.4 Å². The molecule has 0 aromatic heterocycles. The number of hydrogen-bond donors (Lipinski definition) is 2. The van der Waals surface area contributed by atoms with Crippen LogP contribution in [-0.2, 0) is 4.79 Å². The van der Waals surface area contributed by atoms with Crippen molar-refractivity contribution in [3.8, 4) is 0 Å². The van der Waals surface area contributed by atoms with Crippen molar-refractivity contribution in [2.75, 3.05) is 6.54 Å². The van der Waals surface area contributed by atoms with Crippen LogP contribution in [0.5, 0.6) is 0 Å². The summed E-state index contributed by atoms with van der Waals surface area (Å²) in [7, 11) is 0. The summed E-state index contributed by atoms with van der Waals surface area (Å²) in [6.45, 7) is 6.58. The monoisotopic (exact) mass is 291 g/mol. The molecular formula is C17H25NO3. The third kappa shape index (κ3) is 5.98. The van der Waals surface area contributed by atoms with Crippen LogP contribution < -0.4 is 5.32 Å². The van der Waals surface area contributed by atoms with Gasteiger partial charge in [-0.3, -0.25) is 9.59 Å². The number of carboxylic acid groups (broad SMARTS) is 1. The van der Waals surface area contributed by atoms with Crippen LogP contribution in [0.3, 0.4) is 0 Å². The highest BCUT2D eigenvalue weighted by atomic mass is 16.4. The lowest BCUT2D eigenvalue weighted by Gasteiger charge is -2.14. The quantitative estimate of drug-likeness (QED) is 0.772. The van der Waals surface area contributed by atoms with Gasteiger partial charge in [0, 0.05) is 18.5 Å². The van der Waals surface area contributed by atoms with Crippen molar-refractivity contribution >= 4 is 11.9 Å². The van der Waals surface area contributed by atoms with Gasteiger partial charge in [-0.15, -0.1) is 0 Å². The highest BCUT2D eigenvalue weighted by Crippen LogP contribution is 2.15. The van der Waals surface area contributed by atoms with Gasteiger partial charge in [0.05, 0.1) is 0 Å². The first-order valence-corrected chi connectivity index (χ1v) is 7.51. The second-order valence-corrected chi connectivity index (χ2v) is 5.57. The maximum atomic E-state index is 12.1. The van der Waals surface area contributed by atoms with E-state index in [1.165, 1.54) is 0 Å². The summed E-state index contributed by atoms with van der Waals surface area (Å²) in [6, 6.07) is 5.78. The molecule has 0 aliphatic heterocycles. The molecular weight excluding hydrogens is 266 g/mol. The van der Waals surface area contributed by atoms with Crippen LogP contribution in [0, 0.1) is 19.8 Å². The summed E-state index contributed by atoms with van der Waals surface area (Å²) >= 11 is 0. The Kier molecular flexibility index (Phi) is 6.92. The standard InChI is InChI=1S/C17H25NO3/c1-4-14(6-8-16(19)20)9-10-18-17(21)15-7-5-12(2)11-13(15)3/h5,7,11,14H,4,6,8-10H2,1-3H3,(H,18,21)(H,19,20). The van der Waals surface area contributed by atoms with E-state index >= 15 is 0 Å². The summed E-state index contributed by atoms with van der Waals surface area (Å²) in [5.74, 6) is -0.464. The normalized spacial score (nSPS) is 12.0. The van der Waals surface area contributed by atoms with E-state index in [0.29, 0.717) is 24.4 Å². The molecule has 0 heterocycles. The van der Waals surface area contributed by atoms with Gasteiger partial charge in [0.1, 0.15) is 0 Å². The molecule has 0 fully saturated rings. The van der Waals surface area contributed by atoms with Gasteiger partial charge >= 0.3 is 5.97 Å². The lowest BCUT2D eigenvalue weighted by atomic mass is 9.96. The summed E-state index contributed by atoms with van der Waals surface area (Å²) in [4.78, 5) is 22.7. The number of aliphatic carboxylic acids is 1. The van der Waals surface area contributed by atoms with Gasteiger partial charge in [-0.05, 0) is 44.2 Å². The smallest absolute Gasteiger partial charge is 0.303 e. The molecule has 1 rings (SSSR count). The molecule has 0 aliphatic carbocycles. The zero-order valence-electron chi connectivity index (χ0n) is 13.1. The Balaban J connectivity index is 2.43. The van der Waals surface area contributed by atoms with Crippen molar-refractivity contribution in [1.29, 1.82) is 0 Å². The molecule has 116 valence electrons. The van der Waals surface area contributed by atoms with E-state index in [9.17, 15) is 9.59 Å². The first-order valence-electron chi connectivity index (χ1n) is 7.51. The van der Waals surface area contributed by atoms with Crippen molar-refractivity contribution in [3.63, 3.8) is 0 Å². The molecule has 21 heavy (non-hydrogen) atoms. The van der Waals surface area contributed by atoms with Crippen LogP contribution >= 0.6 is 0 Å². The predicted octanol–water partition coefficient (Wildman–Crippen LogP) is 3.31. The van der Waals surface area contributed by atoms with Gasteiger partial charge in [0.2, 0.25) is 0 Å². The SMILES string of the molecule is CCC(CCNC(=O)c1ccc(C)cc1C)CCC(=O)O. The Bertz CT molecular complexity index is 497. The summed E-state index contributed by atoms with van der Waals surface area (Å²) < 4.78 is 0. The average Bonchev–Trinajstić information content (AvgIpc) is 2.42. The highest BCUT2D eigenvalue weighted by Gasteiger charge is 2.11. The molecule has 1 unspecified atom stereocenters. The molecule has 0 spiro atoms. The van der Waals surface area contributed by atoms with Crippen molar-refractivity contribution in [3.05, 3.63) is 34.9 Å². The minimum absolute atomic E-state index is 0.0550. The third-order valence-corrected chi connectivity index (χ3v) is 3.81. The van der Waals surface area contributed by atoms with Crippen molar-refractivity contribution in [1.82, 2.24) is 5.32 Å². The Labute approximate surface area is 126 Å². The molecule has 1 atom stereocenters. The minimum Gasteiger partial charge on any atom is -0.481 e. The number of carbonyl (C=O) groups is 2. The summed E-state index contributed by atoms with van der Waals surface area (Å²) in [5.41, 5.74) is 2.83. The van der Waals surface area contributed by atoms with Crippen LogP contribution in [0.2, 0.25) is 0 Å². The van der Waals surface area contributed by atoms with Crippen molar-refractivity contribution < 1.29 is 14.7 Å². The highest BCUT2D eigenvalue weighted by molar-refractivity contribution is 5.95. The fourth-order valence-electron chi connectivity index (χ4n) is 2.43. The largest absolute Gasteiger partial charge is 0.481 e. The molecule has 0 bridgehead atoms. The molecule has 0 radical (unpaired) electrons. The molecule has 1 aromatic rings. The van der Waals surface area contributed by atoms with Gasteiger partial charge in [-0.25, -0.2) is 0 Å². The fraction of sp³-hybridized carbons (Fsp3) is 0.529. The molecule has 4 nitrogen and oxygen atoms in total. The molecule has 0 saturated heterocycles. The molecule has 1 amide bonds. The molecule has 1 aromatic carbocycles. The summed E-state index contributed by atoms with van der Waals surface area (Å²) in [5, 5.41) is 11.6. The second-order valence-electron chi connectivity index (χ2n) is 5.57. The van der Waals surface area contributed by atoms with E-state index in [-0.39, 0.29) is 12.3 Å². The van der Waals surface area contributed by atoms with Gasteiger partial charge in [-0.2, -0.15) is 0 Å².